The summed E-state index contributed by atoms with van der Waals surface area (Å²) >= 11 is 0. The zero-order chi connectivity index (χ0) is 15.1. The second-order valence-corrected chi connectivity index (χ2v) is 6.32. The van der Waals surface area contributed by atoms with Gasteiger partial charge in [-0.05, 0) is 43.5 Å². The van der Waals surface area contributed by atoms with E-state index in [4.69, 9.17) is 5.11 Å². The molecule has 1 aromatic rings. The van der Waals surface area contributed by atoms with E-state index in [2.05, 4.69) is 48.9 Å². The molecule has 0 heterocycles. The maximum Gasteiger partial charge on any atom is 0.0540 e. The van der Waals surface area contributed by atoms with Crippen LogP contribution >= 0.6 is 0 Å². The van der Waals surface area contributed by atoms with E-state index in [1.54, 1.807) is 0 Å². The summed E-state index contributed by atoms with van der Waals surface area (Å²) in [5, 5.41) is 8.77. The van der Waals surface area contributed by atoms with Crippen molar-refractivity contribution >= 4 is 0 Å². The second-order valence-electron chi connectivity index (χ2n) is 6.32. The number of aliphatic hydroxyl groups excluding tert-OH is 1. The Labute approximate surface area is 129 Å². The Balaban J connectivity index is 1.96. The molecule has 0 radical (unpaired) electrons. The van der Waals surface area contributed by atoms with Crippen molar-refractivity contribution in [3.05, 3.63) is 35.4 Å². The van der Waals surface area contributed by atoms with Crippen molar-refractivity contribution in [3.8, 4) is 11.8 Å². The Morgan fingerprint density at radius 3 is 2.95 bits per heavy atom. The van der Waals surface area contributed by atoms with E-state index in [-0.39, 0.29) is 6.61 Å². The van der Waals surface area contributed by atoms with Crippen LogP contribution in [0.1, 0.15) is 50.2 Å². The molecular formula is C19H27NO. The third-order valence-electron chi connectivity index (χ3n) is 4.36. The fraction of sp³-hybridized carbons (Fsp3) is 0.579. The largest absolute Gasteiger partial charge is 0.395 e. The average Bonchev–Trinajstić information content (AvgIpc) is 2.48. The molecule has 1 aliphatic rings. The number of hydrogen-bond acceptors (Lipinski definition) is 2. The van der Waals surface area contributed by atoms with Crippen LogP contribution in [0.25, 0.3) is 0 Å². The summed E-state index contributed by atoms with van der Waals surface area (Å²) < 4.78 is 0. The maximum atomic E-state index is 8.77. The van der Waals surface area contributed by atoms with E-state index in [1.165, 1.54) is 31.2 Å². The van der Waals surface area contributed by atoms with Crippen LogP contribution in [0.3, 0.4) is 0 Å². The molecule has 2 nitrogen and oxygen atoms in total. The Morgan fingerprint density at radius 1 is 1.33 bits per heavy atom. The monoisotopic (exact) mass is 285 g/mol. The van der Waals surface area contributed by atoms with Gasteiger partial charge in [0.25, 0.3) is 0 Å². The van der Waals surface area contributed by atoms with Gasteiger partial charge in [0.05, 0.1) is 6.61 Å². The molecule has 1 fully saturated rings. The summed E-state index contributed by atoms with van der Waals surface area (Å²) in [6.07, 6.45) is 5.95. The fourth-order valence-corrected chi connectivity index (χ4v) is 3.19. The van der Waals surface area contributed by atoms with E-state index < -0.39 is 0 Å². The third kappa shape index (κ3) is 5.19. The molecule has 1 saturated carbocycles. The van der Waals surface area contributed by atoms with Crippen LogP contribution < -0.4 is 0 Å². The molecule has 21 heavy (non-hydrogen) atoms. The van der Waals surface area contributed by atoms with Gasteiger partial charge in [0.2, 0.25) is 0 Å². The van der Waals surface area contributed by atoms with Crippen molar-refractivity contribution in [2.24, 2.45) is 5.92 Å². The molecular weight excluding hydrogens is 258 g/mol. The van der Waals surface area contributed by atoms with E-state index >= 15 is 0 Å². The summed E-state index contributed by atoms with van der Waals surface area (Å²) in [7, 11) is 2.24. The Kier molecular flexibility index (Phi) is 6.29. The molecule has 0 spiro atoms. The molecule has 114 valence electrons. The lowest BCUT2D eigenvalue weighted by Crippen LogP contribution is -2.35. The van der Waals surface area contributed by atoms with Crippen LogP contribution in [0, 0.1) is 17.8 Å². The first kappa shape index (κ1) is 16.1. The molecule has 0 aromatic heterocycles. The van der Waals surface area contributed by atoms with E-state index in [9.17, 15) is 0 Å². The quantitative estimate of drug-likeness (QED) is 0.857. The topological polar surface area (TPSA) is 23.5 Å². The maximum absolute atomic E-state index is 8.77. The molecule has 2 unspecified atom stereocenters. The predicted molar refractivity (Wildman–Crippen MR) is 87.9 cm³/mol. The highest BCUT2D eigenvalue weighted by Gasteiger charge is 2.22. The number of benzene rings is 1. The average molecular weight is 285 g/mol. The molecule has 0 aliphatic heterocycles. The fourth-order valence-electron chi connectivity index (χ4n) is 3.19. The number of aliphatic hydroxyl groups is 1. The van der Waals surface area contributed by atoms with Gasteiger partial charge in [0, 0.05) is 24.6 Å². The molecule has 1 aliphatic carbocycles. The van der Waals surface area contributed by atoms with Gasteiger partial charge < -0.3 is 5.11 Å². The Hall–Kier alpha value is -1.30. The van der Waals surface area contributed by atoms with Crippen LogP contribution in [-0.2, 0) is 6.54 Å². The van der Waals surface area contributed by atoms with Gasteiger partial charge in [-0.2, -0.15) is 0 Å². The SMILES string of the molecule is CC1CCCC(N(C)Cc2cccc(C#CCCO)c2)C1. The minimum Gasteiger partial charge on any atom is -0.395 e. The summed E-state index contributed by atoms with van der Waals surface area (Å²) in [6, 6.07) is 9.19. The van der Waals surface area contributed by atoms with Crippen molar-refractivity contribution in [2.45, 2.75) is 51.6 Å². The zero-order valence-corrected chi connectivity index (χ0v) is 13.3. The second kappa shape index (κ2) is 8.22. The van der Waals surface area contributed by atoms with Crippen LogP contribution in [0.2, 0.25) is 0 Å². The lowest BCUT2D eigenvalue weighted by atomic mass is 9.86. The van der Waals surface area contributed by atoms with Gasteiger partial charge in [-0.25, -0.2) is 0 Å². The summed E-state index contributed by atoms with van der Waals surface area (Å²) in [4.78, 5) is 2.50. The van der Waals surface area contributed by atoms with Gasteiger partial charge >= 0.3 is 0 Å². The molecule has 1 N–H and O–H groups in total. The van der Waals surface area contributed by atoms with Gasteiger partial charge in [0.1, 0.15) is 0 Å². The highest BCUT2D eigenvalue weighted by atomic mass is 16.2. The van der Waals surface area contributed by atoms with E-state index in [0.717, 1.165) is 24.1 Å². The number of hydrogen-bond donors (Lipinski definition) is 1. The highest BCUT2D eigenvalue weighted by molar-refractivity contribution is 5.37. The minimum absolute atomic E-state index is 0.134. The number of nitrogens with zero attached hydrogens (tertiary/aromatic N) is 1. The Morgan fingerprint density at radius 2 is 2.19 bits per heavy atom. The first-order valence-electron chi connectivity index (χ1n) is 8.08. The standard InChI is InChI=1S/C19H27NO/c1-16-7-5-11-19(13-16)20(2)15-18-10-6-9-17(14-18)8-3-4-12-21/h6,9-10,14,16,19,21H,4-5,7,11-13,15H2,1-2H3. The van der Waals surface area contributed by atoms with Crippen molar-refractivity contribution < 1.29 is 5.11 Å². The van der Waals surface area contributed by atoms with Gasteiger partial charge in [-0.3, -0.25) is 4.90 Å². The van der Waals surface area contributed by atoms with E-state index in [0.29, 0.717) is 6.42 Å². The molecule has 0 bridgehead atoms. The van der Waals surface area contributed by atoms with Crippen molar-refractivity contribution in [1.82, 2.24) is 4.90 Å². The number of rotatable bonds is 4. The summed E-state index contributed by atoms with van der Waals surface area (Å²) in [5.41, 5.74) is 2.37. The van der Waals surface area contributed by atoms with Crippen LogP contribution in [0.15, 0.2) is 24.3 Å². The van der Waals surface area contributed by atoms with Crippen molar-refractivity contribution in [2.75, 3.05) is 13.7 Å². The first-order chi connectivity index (χ1) is 10.2. The molecule has 2 atom stereocenters. The molecule has 1 aromatic carbocycles. The predicted octanol–water partition coefficient (Wildman–Crippen LogP) is 3.43. The molecule has 2 heteroatoms. The van der Waals surface area contributed by atoms with Gasteiger partial charge in [0.15, 0.2) is 0 Å². The van der Waals surface area contributed by atoms with Crippen molar-refractivity contribution in [1.29, 1.82) is 0 Å². The lowest BCUT2D eigenvalue weighted by Gasteiger charge is -2.34. The molecule has 0 amide bonds. The van der Waals surface area contributed by atoms with Crippen LogP contribution in [0.4, 0.5) is 0 Å². The molecule has 0 saturated heterocycles. The Bertz CT molecular complexity index is 500. The van der Waals surface area contributed by atoms with Crippen LogP contribution in [-0.4, -0.2) is 29.7 Å². The highest BCUT2D eigenvalue weighted by Crippen LogP contribution is 2.27. The lowest BCUT2D eigenvalue weighted by molar-refractivity contribution is 0.157. The molecule has 2 rings (SSSR count). The van der Waals surface area contributed by atoms with Crippen molar-refractivity contribution in [3.63, 3.8) is 0 Å². The normalized spacial score (nSPS) is 21.9. The first-order valence-corrected chi connectivity index (χ1v) is 8.08. The third-order valence-corrected chi connectivity index (χ3v) is 4.36. The van der Waals surface area contributed by atoms with Gasteiger partial charge in [-0.1, -0.05) is 43.7 Å². The zero-order valence-electron chi connectivity index (χ0n) is 13.3. The van der Waals surface area contributed by atoms with Gasteiger partial charge in [-0.15, -0.1) is 0 Å². The van der Waals surface area contributed by atoms with E-state index in [1.807, 2.05) is 6.07 Å². The van der Waals surface area contributed by atoms with Crippen LogP contribution in [0.5, 0.6) is 0 Å². The minimum atomic E-state index is 0.134. The smallest absolute Gasteiger partial charge is 0.0540 e. The summed E-state index contributed by atoms with van der Waals surface area (Å²) in [5.74, 6) is 6.97. The summed E-state index contributed by atoms with van der Waals surface area (Å²) in [6.45, 7) is 3.50.